The van der Waals surface area contributed by atoms with E-state index >= 15 is 0 Å². The number of carboxylic acids is 1. The molecule has 2 heterocycles. The van der Waals surface area contributed by atoms with Gasteiger partial charge >= 0.3 is 5.97 Å². The lowest BCUT2D eigenvalue weighted by atomic mass is 9.97. The summed E-state index contributed by atoms with van der Waals surface area (Å²) in [4.78, 5) is 13.5. The standard InChI is InChI=1S/C12H19N3O2/c1-9(10-7-13-14(3)8-10)15-6-4-5-12(15,2)11(16)17/h7-9H,4-6H2,1-3H3,(H,16,17). The van der Waals surface area contributed by atoms with E-state index in [1.165, 1.54) is 0 Å². The predicted molar refractivity (Wildman–Crippen MR) is 63.6 cm³/mol. The Hall–Kier alpha value is -1.36. The molecule has 1 aliphatic rings. The largest absolute Gasteiger partial charge is 0.480 e. The van der Waals surface area contributed by atoms with Crippen LogP contribution in [0.25, 0.3) is 0 Å². The zero-order valence-corrected chi connectivity index (χ0v) is 10.6. The molecule has 1 aromatic heterocycles. The van der Waals surface area contributed by atoms with Crippen molar-refractivity contribution >= 4 is 5.97 Å². The maximum Gasteiger partial charge on any atom is 0.323 e. The van der Waals surface area contributed by atoms with Crippen molar-refractivity contribution in [3.05, 3.63) is 18.0 Å². The van der Waals surface area contributed by atoms with Gasteiger partial charge in [-0.25, -0.2) is 0 Å². The monoisotopic (exact) mass is 237 g/mol. The van der Waals surface area contributed by atoms with Crippen LogP contribution in [0.5, 0.6) is 0 Å². The van der Waals surface area contributed by atoms with E-state index < -0.39 is 11.5 Å². The van der Waals surface area contributed by atoms with Gasteiger partial charge in [-0.05, 0) is 33.2 Å². The summed E-state index contributed by atoms with van der Waals surface area (Å²) in [6.07, 6.45) is 5.41. The summed E-state index contributed by atoms with van der Waals surface area (Å²) >= 11 is 0. The molecule has 0 aromatic carbocycles. The molecule has 17 heavy (non-hydrogen) atoms. The van der Waals surface area contributed by atoms with E-state index in [-0.39, 0.29) is 6.04 Å². The van der Waals surface area contributed by atoms with Crippen LogP contribution in [-0.2, 0) is 11.8 Å². The zero-order chi connectivity index (χ0) is 12.6. The molecule has 2 unspecified atom stereocenters. The number of carboxylic acid groups (broad SMARTS) is 1. The van der Waals surface area contributed by atoms with Gasteiger partial charge in [-0.2, -0.15) is 5.10 Å². The molecule has 2 rings (SSSR count). The second-order valence-corrected chi connectivity index (χ2v) is 5.00. The number of aliphatic carboxylic acids is 1. The van der Waals surface area contributed by atoms with E-state index in [0.29, 0.717) is 6.42 Å². The average molecular weight is 237 g/mol. The summed E-state index contributed by atoms with van der Waals surface area (Å²) in [5.41, 5.74) is 0.330. The minimum absolute atomic E-state index is 0.0901. The fourth-order valence-corrected chi connectivity index (χ4v) is 2.67. The van der Waals surface area contributed by atoms with Gasteiger partial charge in [0.1, 0.15) is 5.54 Å². The number of hydrogen-bond acceptors (Lipinski definition) is 3. The smallest absolute Gasteiger partial charge is 0.323 e. The van der Waals surface area contributed by atoms with Crippen LogP contribution in [0.1, 0.15) is 38.3 Å². The van der Waals surface area contributed by atoms with Gasteiger partial charge in [0.25, 0.3) is 0 Å². The van der Waals surface area contributed by atoms with Gasteiger partial charge in [-0.1, -0.05) is 0 Å². The second-order valence-electron chi connectivity index (χ2n) is 5.00. The third kappa shape index (κ3) is 1.95. The van der Waals surface area contributed by atoms with Crippen molar-refractivity contribution in [2.45, 2.75) is 38.3 Å². The second kappa shape index (κ2) is 4.14. The van der Waals surface area contributed by atoms with Crippen LogP contribution in [0.15, 0.2) is 12.4 Å². The maximum atomic E-state index is 11.4. The summed E-state index contributed by atoms with van der Waals surface area (Å²) in [7, 11) is 1.87. The lowest BCUT2D eigenvalue weighted by Crippen LogP contribution is -2.48. The van der Waals surface area contributed by atoms with E-state index in [1.807, 2.05) is 33.3 Å². The average Bonchev–Trinajstić information content (AvgIpc) is 2.85. The SMILES string of the molecule is CC(c1cnn(C)c1)N1CCCC1(C)C(=O)O. The number of nitrogens with zero attached hydrogens (tertiary/aromatic N) is 3. The molecule has 1 fully saturated rings. The Morgan fingerprint density at radius 3 is 2.88 bits per heavy atom. The highest BCUT2D eigenvalue weighted by Crippen LogP contribution is 2.36. The van der Waals surface area contributed by atoms with Crippen LogP contribution in [0.3, 0.4) is 0 Å². The fraction of sp³-hybridized carbons (Fsp3) is 0.667. The molecule has 2 atom stereocenters. The Balaban J connectivity index is 2.25. The quantitative estimate of drug-likeness (QED) is 0.863. The molecular weight excluding hydrogens is 218 g/mol. The number of hydrogen-bond donors (Lipinski definition) is 1. The van der Waals surface area contributed by atoms with Crippen molar-refractivity contribution in [2.24, 2.45) is 7.05 Å². The molecule has 0 spiro atoms. The summed E-state index contributed by atoms with van der Waals surface area (Å²) in [6.45, 7) is 4.69. The molecule has 5 nitrogen and oxygen atoms in total. The van der Waals surface area contributed by atoms with Gasteiger partial charge in [0.15, 0.2) is 0 Å². The van der Waals surface area contributed by atoms with Gasteiger partial charge < -0.3 is 5.11 Å². The Morgan fingerprint density at radius 1 is 1.65 bits per heavy atom. The minimum Gasteiger partial charge on any atom is -0.480 e. The molecule has 1 aromatic rings. The normalized spacial score (nSPS) is 27.2. The van der Waals surface area contributed by atoms with Crippen LogP contribution in [0.4, 0.5) is 0 Å². The third-order valence-corrected chi connectivity index (χ3v) is 3.83. The van der Waals surface area contributed by atoms with Gasteiger partial charge in [0.2, 0.25) is 0 Å². The topological polar surface area (TPSA) is 58.4 Å². The Bertz CT molecular complexity index is 429. The van der Waals surface area contributed by atoms with Crippen LogP contribution in [0, 0.1) is 0 Å². The van der Waals surface area contributed by atoms with Crippen LogP contribution in [0.2, 0.25) is 0 Å². The third-order valence-electron chi connectivity index (χ3n) is 3.83. The molecule has 0 aliphatic carbocycles. The first kappa shape index (κ1) is 12.1. The predicted octanol–water partition coefficient (Wildman–Crippen LogP) is 1.42. The first-order chi connectivity index (χ1) is 7.95. The molecule has 0 amide bonds. The maximum absolute atomic E-state index is 11.4. The summed E-state index contributed by atoms with van der Waals surface area (Å²) in [5, 5.41) is 13.5. The number of likely N-dealkylation sites (tertiary alicyclic amines) is 1. The molecule has 5 heteroatoms. The Morgan fingerprint density at radius 2 is 2.35 bits per heavy atom. The molecule has 0 bridgehead atoms. The Kier molecular flexibility index (Phi) is 2.95. The molecule has 1 saturated heterocycles. The summed E-state index contributed by atoms with van der Waals surface area (Å²) < 4.78 is 1.75. The van der Waals surface area contributed by atoms with E-state index in [9.17, 15) is 9.90 Å². The molecule has 1 aliphatic heterocycles. The molecule has 0 saturated carbocycles. The van der Waals surface area contributed by atoms with E-state index in [0.717, 1.165) is 18.5 Å². The van der Waals surface area contributed by atoms with Crippen molar-refractivity contribution in [1.29, 1.82) is 0 Å². The van der Waals surface area contributed by atoms with E-state index in [2.05, 4.69) is 10.00 Å². The van der Waals surface area contributed by atoms with Crippen molar-refractivity contribution < 1.29 is 9.90 Å². The highest BCUT2D eigenvalue weighted by Gasteiger charge is 2.45. The number of rotatable bonds is 3. The van der Waals surface area contributed by atoms with Gasteiger partial charge in [-0.3, -0.25) is 14.4 Å². The molecular formula is C12H19N3O2. The van der Waals surface area contributed by atoms with Gasteiger partial charge in [0.05, 0.1) is 6.20 Å². The van der Waals surface area contributed by atoms with Crippen LogP contribution < -0.4 is 0 Å². The lowest BCUT2D eigenvalue weighted by molar-refractivity contribution is -0.149. The zero-order valence-electron chi connectivity index (χ0n) is 10.6. The van der Waals surface area contributed by atoms with Gasteiger partial charge in [-0.15, -0.1) is 0 Å². The number of carbonyl (C=O) groups is 1. The number of aromatic nitrogens is 2. The van der Waals surface area contributed by atoms with Crippen molar-refractivity contribution in [2.75, 3.05) is 6.54 Å². The first-order valence-corrected chi connectivity index (χ1v) is 5.94. The fourth-order valence-electron chi connectivity index (χ4n) is 2.67. The first-order valence-electron chi connectivity index (χ1n) is 5.94. The van der Waals surface area contributed by atoms with Crippen molar-refractivity contribution in [1.82, 2.24) is 14.7 Å². The van der Waals surface area contributed by atoms with Gasteiger partial charge in [0, 0.05) is 24.8 Å². The van der Waals surface area contributed by atoms with Crippen molar-refractivity contribution in [3.63, 3.8) is 0 Å². The highest BCUT2D eigenvalue weighted by molar-refractivity contribution is 5.78. The van der Waals surface area contributed by atoms with E-state index in [1.54, 1.807) is 4.68 Å². The highest BCUT2D eigenvalue weighted by atomic mass is 16.4. The Labute approximate surface area is 101 Å². The van der Waals surface area contributed by atoms with Crippen LogP contribution >= 0.6 is 0 Å². The van der Waals surface area contributed by atoms with E-state index in [4.69, 9.17) is 0 Å². The minimum atomic E-state index is -0.741. The van der Waals surface area contributed by atoms with Crippen molar-refractivity contribution in [3.8, 4) is 0 Å². The summed E-state index contributed by atoms with van der Waals surface area (Å²) in [5.74, 6) is -0.731. The number of aryl methyl sites for hydroxylation is 1. The molecule has 0 radical (unpaired) electrons. The molecule has 1 N–H and O–H groups in total. The molecule has 94 valence electrons. The summed E-state index contributed by atoms with van der Waals surface area (Å²) in [6, 6.07) is 0.0901. The lowest BCUT2D eigenvalue weighted by Gasteiger charge is -2.35. The van der Waals surface area contributed by atoms with Crippen LogP contribution in [-0.4, -0.2) is 37.8 Å².